The lowest BCUT2D eigenvalue weighted by Crippen LogP contribution is -2.39. The third-order valence-electron chi connectivity index (χ3n) is 3.42. The summed E-state index contributed by atoms with van der Waals surface area (Å²) < 4.78 is 0. The number of nitrogens with one attached hydrogen (secondary N) is 1. The Bertz CT molecular complexity index is 239. The first kappa shape index (κ1) is 12.6. The number of rotatable bonds is 0. The molecule has 2 fully saturated rings. The van der Waals surface area contributed by atoms with E-state index in [0.717, 1.165) is 26.2 Å². The molecule has 0 bridgehead atoms. The minimum atomic E-state index is 0. The summed E-state index contributed by atoms with van der Waals surface area (Å²) in [5.74, 6) is 0. The van der Waals surface area contributed by atoms with Gasteiger partial charge in [-0.3, -0.25) is 0 Å². The van der Waals surface area contributed by atoms with Gasteiger partial charge < -0.3 is 15.1 Å². The van der Waals surface area contributed by atoms with Crippen LogP contribution in [0.2, 0.25) is 0 Å². The van der Waals surface area contributed by atoms with Crippen molar-refractivity contribution in [3.05, 3.63) is 0 Å². The van der Waals surface area contributed by atoms with Gasteiger partial charge in [-0.2, -0.15) is 0 Å². The van der Waals surface area contributed by atoms with Crippen LogP contribution in [0.4, 0.5) is 4.79 Å². The maximum absolute atomic E-state index is 11.7. The Morgan fingerprint density at radius 3 is 2.67 bits per heavy atom. The van der Waals surface area contributed by atoms with Crippen LogP contribution in [0.1, 0.15) is 12.8 Å². The minimum Gasteiger partial charge on any atom is -0.331 e. The van der Waals surface area contributed by atoms with Gasteiger partial charge in [-0.15, -0.1) is 12.4 Å². The molecule has 2 rings (SSSR count). The van der Waals surface area contributed by atoms with E-state index < -0.39 is 0 Å². The zero-order valence-corrected chi connectivity index (χ0v) is 10.3. The molecule has 2 heterocycles. The van der Waals surface area contributed by atoms with Crippen molar-refractivity contribution in [2.45, 2.75) is 12.8 Å². The molecule has 2 aliphatic heterocycles. The predicted molar refractivity (Wildman–Crippen MR) is 62.4 cm³/mol. The normalized spacial score (nSPS) is 29.3. The van der Waals surface area contributed by atoms with Gasteiger partial charge in [0.05, 0.1) is 0 Å². The van der Waals surface area contributed by atoms with Crippen molar-refractivity contribution >= 4 is 18.4 Å². The van der Waals surface area contributed by atoms with Gasteiger partial charge in [-0.1, -0.05) is 0 Å². The maximum Gasteiger partial charge on any atom is 0.319 e. The molecule has 2 aliphatic rings. The number of nitrogens with zero attached hydrogens (tertiary/aromatic N) is 2. The molecule has 0 saturated carbocycles. The second kappa shape index (κ2) is 4.58. The molecule has 0 radical (unpaired) electrons. The summed E-state index contributed by atoms with van der Waals surface area (Å²) in [6.45, 7) is 4.07. The highest BCUT2D eigenvalue weighted by Crippen LogP contribution is 2.36. The number of urea groups is 1. The van der Waals surface area contributed by atoms with Crippen LogP contribution in [0.5, 0.6) is 0 Å². The minimum absolute atomic E-state index is 0. The molecule has 15 heavy (non-hydrogen) atoms. The van der Waals surface area contributed by atoms with Gasteiger partial charge in [0.25, 0.3) is 0 Å². The average molecular weight is 234 g/mol. The second-order valence-corrected chi connectivity index (χ2v) is 4.78. The molecule has 0 aromatic heterocycles. The molecule has 0 aromatic carbocycles. The first-order valence-corrected chi connectivity index (χ1v) is 5.30. The number of halogens is 1. The second-order valence-electron chi connectivity index (χ2n) is 4.78. The van der Waals surface area contributed by atoms with Crippen molar-refractivity contribution in [3.63, 3.8) is 0 Å². The maximum atomic E-state index is 11.7. The highest BCUT2D eigenvalue weighted by atomic mass is 35.5. The van der Waals surface area contributed by atoms with Gasteiger partial charge in [-0.05, 0) is 19.4 Å². The summed E-state index contributed by atoms with van der Waals surface area (Å²) in [4.78, 5) is 15.4. The van der Waals surface area contributed by atoms with Gasteiger partial charge in [-0.25, -0.2) is 4.79 Å². The fraction of sp³-hybridized carbons (Fsp3) is 0.900. The van der Waals surface area contributed by atoms with Crippen molar-refractivity contribution in [1.29, 1.82) is 0 Å². The van der Waals surface area contributed by atoms with Crippen molar-refractivity contribution in [1.82, 2.24) is 15.1 Å². The fourth-order valence-electron chi connectivity index (χ4n) is 2.53. The third kappa shape index (κ3) is 2.37. The average Bonchev–Trinajstić information content (AvgIpc) is 2.76. The molecule has 2 amide bonds. The molecule has 1 N–H and O–H groups in total. The lowest BCUT2D eigenvalue weighted by molar-refractivity contribution is 0.175. The Morgan fingerprint density at radius 1 is 1.40 bits per heavy atom. The molecular formula is C10H20ClN3O. The first-order valence-electron chi connectivity index (χ1n) is 5.30. The topological polar surface area (TPSA) is 35.6 Å². The first-order chi connectivity index (χ1) is 6.63. The van der Waals surface area contributed by atoms with Gasteiger partial charge >= 0.3 is 6.03 Å². The molecule has 1 unspecified atom stereocenters. The largest absolute Gasteiger partial charge is 0.331 e. The van der Waals surface area contributed by atoms with Crippen molar-refractivity contribution in [2.24, 2.45) is 5.41 Å². The summed E-state index contributed by atoms with van der Waals surface area (Å²) in [7, 11) is 3.64. The molecule has 2 saturated heterocycles. The van der Waals surface area contributed by atoms with Gasteiger partial charge in [0.15, 0.2) is 0 Å². The van der Waals surface area contributed by atoms with Crippen LogP contribution in [0.25, 0.3) is 0 Å². The summed E-state index contributed by atoms with van der Waals surface area (Å²) in [5.41, 5.74) is 0.395. The van der Waals surface area contributed by atoms with Crippen molar-refractivity contribution in [3.8, 4) is 0 Å². The number of amides is 2. The van der Waals surface area contributed by atoms with Crippen LogP contribution in [-0.4, -0.2) is 56.1 Å². The number of carbonyl (C=O) groups is 1. The molecule has 88 valence electrons. The van der Waals surface area contributed by atoms with E-state index in [1.54, 1.807) is 4.90 Å². The van der Waals surface area contributed by atoms with E-state index in [-0.39, 0.29) is 18.4 Å². The van der Waals surface area contributed by atoms with E-state index in [9.17, 15) is 4.79 Å². The number of carbonyl (C=O) groups excluding carboxylic acids is 1. The van der Waals surface area contributed by atoms with Crippen LogP contribution in [0.3, 0.4) is 0 Å². The Kier molecular flexibility index (Phi) is 3.84. The number of hydrogen-bond donors (Lipinski definition) is 1. The standard InChI is InChI=1S/C10H19N3O.ClH/c1-12(2)9(14)13-6-4-10(8-13)3-5-11-7-10;/h11H,3-8H2,1-2H3;1H. The van der Waals surface area contributed by atoms with E-state index in [0.29, 0.717) is 5.41 Å². The van der Waals surface area contributed by atoms with E-state index in [1.165, 1.54) is 12.8 Å². The summed E-state index contributed by atoms with van der Waals surface area (Å²) in [6, 6.07) is 0.161. The molecule has 0 aromatic rings. The summed E-state index contributed by atoms with van der Waals surface area (Å²) in [5, 5.41) is 3.39. The zero-order valence-electron chi connectivity index (χ0n) is 9.45. The fourth-order valence-corrected chi connectivity index (χ4v) is 2.53. The zero-order chi connectivity index (χ0) is 10.2. The Balaban J connectivity index is 0.00000112. The van der Waals surface area contributed by atoms with Gasteiger partial charge in [0.1, 0.15) is 0 Å². The summed E-state index contributed by atoms with van der Waals surface area (Å²) in [6.07, 6.45) is 2.39. The molecule has 5 heteroatoms. The van der Waals surface area contributed by atoms with E-state index in [1.807, 2.05) is 19.0 Å². The number of likely N-dealkylation sites (tertiary alicyclic amines) is 1. The molecule has 1 atom stereocenters. The molecule has 4 nitrogen and oxygen atoms in total. The van der Waals surface area contributed by atoms with Gasteiger partial charge in [0, 0.05) is 39.1 Å². The van der Waals surface area contributed by atoms with Crippen LogP contribution in [0.15, 0.2) is 0 Å². The highest BCUT2D eigenvalue weighted by molar-refractivity contribution is 5.85. The third-order valence-corrected chi connectivity index (χ3v) is 3.42. The molecule has 1 spiro atoms. The highest BCUT2D eigenvalue weighted by Gasteiger charge is 2.42. The summed E-state index contributed by atoms with van der Waals surface area (Å²) >= 11 is 0. The monoisotopic (exact) mass is 233 g/mol. The van der Waals surface area contributed by atoms with Crippen LogP contribution < -0.4 is 5.32 Å². The van der Waals surface area contributed by atoms with Crippen LogP contribution in [-0.2, 0) is 0 Å². The van der Waals surface area contributed by atoms with Crippen molar-refractivity contribution < 1.29 is 4.79 Å². The van der Waals surface area contributed by atoms with Crippen LogP contribution >= 0.6 is 12.4 Å². The SMILES string of the molecule is CN(C)C(=O)N1CCC2(CCNC2)C1.Cl. The Hall–Kier alpha value is -0.480. The quantitative estimate of drug-likeness (QED) is 0.671. The lowest BCUT2D eigenvalue weighted by atomic mass is 9.87. The van der Waals surface area contributed by atoms with Crippen molar-refractivity contribution in [2.75, 3.05) is 40.3 Å². The Labute approximate surface area is 97.4 Å². The molecular weight excluding hydrogens is 214 g/mol. The predicted octanol–water partition coefficient (Wildman–Crippen LogP) is 0.775. The Morgan fingerprint density at radius 2 is 2.13 bits per heavy atom. The van der Waals surface area contributed by atoms with E-state index >= 15 is 0 Å². The van der Waals surface area contributed by atoms with Gasteiger partial charge in [0.2, 0.25) is 0 Å². The van der Waals surface area contributed by atoms with Crippen LogP contribution in [0, 0.1) is 5.41 Å². The lowest BCUT2D eigenvalue weighted by Gasteiger charge is -2.24. The molecule has 0 aliphatic carbocycles. The number of hydrogen-bond acceptors (Lipinski definition) is 2. The van der Waals surface area contributed by atoms with E-state index in [2.05, 4.69) is 5.32 Å². The van der Waals surface area contributed by atoms with E-state index in [4.69, 9.17) is 0 Å². The smallest absolute Gasteiger partial charge is 0.319 e.